The van der Waals surface area contributed by atoms with Crippen molar-refractivity contribution in [2.45, 2.75) is 19.8 Å². The van der Waals surface area contributed by atoms with E-state index in [9.17, 15) is 4.79 Å². The van der Waals surface area contributed by atoms with E-state index in [-0.39, 0.29) is 0 Å². The largest absolute Gasteiger partial charge is 0.481 e. The molecule has 0 amide bonds. The Morgan fingerprint density at radius 2 is 2.50 bits per heavy atom. The van der Waals surface area contributed by atoms with Crippen molar-refractivity contribution >= 4 is 28.6 Å². The molecule has 10 heavy (non-hydrogen) atoms. The highest BCUT2D eigenvalue weighted by Gasteiger charge is 2.43. The predicted molar refractivity (Wildman–Crippen MR) is 47.1 cm³/mol. The molecule has 0 unspecified atom stereocenters. The lowest BCUT2D eigenvalue weighted by Crippen LogP contribution is -2.37. The summed E-state index contributed by atoms with van der Waals surface area (Å²) in [5.41, 5.74) is 0.516. The molecule has 56 valence electrons. The standard InChI is InChI=1S/C7H9IO2/c1-7(6(9)10)3-2-5(7)4-8/h4H,2-3H2,1H3,(H,9,10)/t7-/m1/s1/i8-4. The molecule has 1 rings (SSSR count). The van der Waals surface area contributed by atoms with Crippen LogP contribution in [-0.2, 0) is 4.79 Å². The Hall–Kier alpha value is -0.0600. The van der Waals surface area contributed by atoms with Crippen LogP contribution in [0.3, 0.4) is 0 Å². The molecule has 1 aliphatic carbocycles. The molecule has 0 radical (unpaired) electrons. The minimum Gasteiger partial charge on any atom is -0.481 e. The summed E-state index contributed by atoms with van der Waals surface area (Å²) in [5, 5.41) is 8.75. The Balaban J connectivity index is 2.81. The first kappa shape index (κ1) is 8.04. The van der Waals surface area contributed by atoms with Gasteiger partial charge in [-0.3, -0.25) is 4.79 Å². The number of carboxylic acid groups (broad SMARTS) is 1. The van der Waals surface area contributed by atoms with Crippen LogP contribution < -0.4 is 0 Å². The van der Waals surface area contributed by atoms with Crippen molar-refractivity contribution in [2.24, 2.45) is 5.41 Å². The highest BCUT2D eigenvalue weighted by Crippen LogP contribution is 2.46. The van der Waals surface area contributed by atoms with Gasteiger partial charge in [-0.1, -0.05) is 22.6 Å². The van der Waals surface area contributed by atoms with E-state index in [1.54, 1.807) is 6.92 Å². The quantitative estimate of drug-likeness (QED) is 0.722. The van der Waals surface area contributed by atoms with Crippen molar-refractivity contribution in [3.05, 3.63) is 9.66 Å². The van der Waals surface area contributed by atoms with E-state index in [0.717, 1.165) is 18.4 Å². The van der Waals surface area contributed by atoms with Gasteiger partial charge in [-0.05, 0) is 29.4 Å². The number of hydrogen-bond acceptors (Lipinski definition) is 1. The fourth-order valence-corrected chi connectivity index (χ4v) is 2.06. The van der Waals surface area contributed by atoms with Gasteiger partial charge in [-0.25, -0.2) is 0 Å². The van der Waals surface area contributed by atoms with E-state index >= 15 is 0 Å². The zero-order chi connectivity index (χ0) is 7.78. The van der Waals surface area contributed by atoms with Gasteiger partial charge >= 0.3 is 5.97 Å². The SMILES string of the molecule is C[C@@]1(C(=O)O)CCC1=C[123I]. The van der Waals surface area contributed by atoms with Crippen molar-refractivity contribution in [3.63, 3.8) is 0 Å². The maximum Gasteiger partial charge on any atom is 0.313 e. The van der Waals surface area contributed by atoms with Crippen molar-refractivity contribution in [3.8, 4) is 0 Å². The Morgan fingerprint density at radius 1 is 1.90 bits per heavy atom. The second kappa shape index (κ2) is 2.53. The third kappa shape index (κ3) is 0.962. The number of hydrogen-bond donors (Lipinski definition) is 1. The fraction of sp³-hybridized carbons (Fsp3) is 0.571. The van der Waals surface area contributed by atoms with Gasteiger partial charge < -0.3 is 5.11 Å². The minimum absolute atomic E-state index is 0.540. The summed E-state index contributed by atoms with van der Waals surface area (Å²) < 4.78 is 1.88. The van der Waals surface area contributed by atoms with E-state index in [1.165, 1.54) is 0 Å². The van der Waals surface area contributed by atoms with Gasteiger partial charge in [0.2, 0.25) is 0 Å². The second-order valence-electron chi connectivity index (χ2n) is 2.77. The molecular weight excluding hydrogens is 239 g/mol. The molecule has 2 nitrogen and oxygen atoms in total. The van der Waals surface area contributed by atoms with Crippen LogP contribution in [0, 0.1) is 5.41 Å². The van der Waals surface area contributed by atoms with Crippen LogP contribution in [0.4, 0.5) is 0 Å². The van der Waals surface area contributed by atoms with Gasteiger partial charge in [-0.2, -0.15) is 0 Å². The summed E-state index contributed by atoms with van der Waals surface area (Å²) >= 11 is 2.10. The average Bonchev–Trinajstić information content (AvgIpc) is 1.85. The maximum absolute atomic E-state index is 10.6. The summed E-state index contributed by atoms with van der Waals surface area (Å²) in [6.07, 6.45) is 1.74. The number of rotatable bonds is 1. The van der Waals surface area contributed by atoms with Crippen molar-refractivity contribution in [1.82, 2.24) is 0 Å². The Kier molecular flexibility index (Phi) is 2.03. The van der Waals surface area contributed by atoms with Crippen molar-refractivity contribution in [1.29, 1.82) is 0 Å². The molecule has 0 aromatic heterocycles. The number of carbonyl (C=O) groups is 1. The van der Waals surface area contributed by atoms with Gasteiger partial charge in [0.25, 0.3) is 0 Å². The first-order valence-corrected chi connectivity index (χ1v) is 4.39. The molecule has 0 bridgehead atoms. The zero-order valence-corrected chi connectivity index (χ0v) is 7.88. The third-order valence-corrected chi connectivity index (χ3v) is 2.96. The van der Waals surface area contributed by atoms with E-state index in [0.29, 0.717) is 0 Å². The normalized spacial score (nSPS) is 35.6. The lowest BCUT2D eigenvalue weighted by molar-refractivity contribution is -0.148. The first-order chi connectivity index (χ1) is 4.61. The summed E-state index contributed by atoms with van der Waals surface area (Å²) in [6, 6.07) is 0. The molecular formula is C7H9IO2. The third-order valence-electron chi connectivity index (χ3n) is 2.21. The van der Waals surface area contributed by atoms with Crippen molar-refractivity contribution in [2.75, 3.05) is 0 Å². The Morgan fingerprint density at radius 3 is 2.60 bits per heavy atom. The molecule has 0 spiro atoms. The summed E-state index contributed by atoms with van der Waals surface area (Å²) in [5.74, 6) is -0.693. The van der Waals surface area contributed by atoms with Gasteiger partial charge in [0.05, 0.1) is 5.41 Å². The van der Waals surface area contributed by atoms with Crippen LogP contribution in [-0.4, -0.2) is 11.1 Å². The van der Waals surface area contributed by atoms with Crippen molar-refractivity contribution < 1.29 is 9.90 Å². The number of halogens is 1. The van der Waals surface area contributed by atoms with E-state index < -0.39 is 11.4 Å². The molecule has 0 heterocycles. The molecule has 1 atom stereocenters. The monoisotopic (exact) mass is 248 g/mol. The smallest absolute Gasteiger partial charge is 0.313 e. The second-order valence-corrected chi connectivity index (χ2v) is 3.39. The topological polar surface area (TPSA) is 37.3 Å². The van der Waals surface area contributed by atoms with Crippen LogP contribution in [0.5, 0.6) is 0 Å². The molecule has 0 saturated heterocycles. The van der Waals surface area contributed by atoms with E-state index in [2.05, 4.69) is 22.6 Å². The van der Waals surface area contributed by atoms with E-state index in [4.69, 9.17) is 5.11 Å². The molecule has 3 heteroatoms. The van der Waals surface area contributed by atoms with Gasteiger partial charge in [-0.15, -0.1) is 0 Å². The highest BCUT2D eigenvalue weighted by atomic mass is 123. The number of aliphatic carboxylic acids is 1. The molecule has 0 aliphatic heterocycles. The molecule has 0 aromatic rings. The molecule has 0 aromatic carbocycles. The van der Waals surface area contributed by atoms with Gasteiger partial charge in [0.1, 0.15) is 0 Å². The summed E-state index contributed by atoms with van der Waals surface area (Å²) in [7, 11) is 0. The van der Waals surface area contributed by atoms with Gasteiger partial charge in [0, 0.05) is 0 Å². The van der Waals surface area contributed by atoms with E-state index in [1.807, 2.05) is 4.08 Å². The average molecular weight is 248 g/mol. The van der Waals surface area contributed by atoms with Crippen LogP contribution in [0.15, 0.2) is 9.66 Å². The first-order valence-electron chi connectivity index (χ1n) is 3.14. The summed E-state index contributed by atoms with van der Waals surface area (Å²) in [6.45, 7) is 1.78. The van der Waals surface area contributed by atoms with Gasteiger partial charge in [0.15, 0.2) is 0 Å². The minimum atomic E-state index is -0.693. The van der Waals surface area contributed by atoms with Crippen LogP contribution in [0.1, 0.15) is 19.8 Å². The Labute approximate surface area is 73.5 Å². The van der Waals surface area contributed by atoms with Crippen LogP contribution in [0.2, 0.25) is 0 Å². The summed E-state index contributed by atoms with van der Waals surface area (Å²) in [4.78, 5) is 10.6. The molecule has 1 N–H and O–H groups in total. The lowest BCUT2D eigenvalue weighted by Gasteiger charge is -2.37. The van der Waals surface area contributed by atoms with Crippen LogP contribution >= 0.6 is 22.6 Å². The fourth-order valence-electron chi connectivity index (χ4n) is 1.06. The molecule has 1 saturated carbocycles. The highest BCUT2D eigenvalue weighted by molar-refractivity contribution is 14.1. The molecule has 1 fully saturated rings. The van der Waals surface area contributed by atoms with Crippen LogP contribution in [0.25, 0.3) is 0 Å². The molecule has 1 aliphatic rings. The predicted octanol–water partition coefficient (Wildman–Crippen LogP) is 2.19. The lowest BCUT2D eigenvalue weighted by atomic mass is 9.67. The maximum atomic E-state index is 10.6. The Bertz CT molecular complexity index is 198. The number of carboxylic acids is 1. The zero-order valence-electron chi connectivity index (χ0n) is 5.72.